The number of methoxy groups -OCH3 is 1. The number of carbonyl (C=O) groups excluding carboxylic acids is 4. The van der Waals surface area contributed by atoms with Gasteiger partial charge in [0.15, 0.2) is 5.78 Å². The smallest absolute Gasteiger partial charge is 0.313 e. The molecule has 3 aromatic carbocycles. The van der Waals surface area contributed by atoms with Crippen molar-refractivity contribution in [2.75, 3.05) is 24.8 Å². The minimum absolute atomic E-state index is 0.0195. The number of amides is 2. The molecule has 2 amide bonds. The number of nitrogens with one attached hydrogen (secondary N) is 2. The van der Waals surface area contributed by atoms with Gasteiger partial charge in [0.25, 0.3) is 11.8 Å². The van der Waals surface area contributed by atoms with E-state index in [0.717, 1.165) is 4.90 Å². The minimum atomic E-state index is -0.550. The maximum Gasteiger partial charge on any atom is 0.313 e. The molecule has 0 bridgehead atoms. The first kappa shape index (κ1) is 28.2. The van der Waals surface area contributed by atoms with E-state index in [1.165, 1.54) is 18.9 Å². The van der Waals surface area contributed by atoms with Crippen molar-refractivity contribution in [2.45, 2.75) is 18.2 Å². The SMILES string of the molecule is CCOC(=O)CC(=O)CSc1cccc(NC(=O)/C(=C\c2ccccc2OC)NC(=O)c2ccccc2)c1. The van der Waals surface area contributed by atoms with Crippen LogP contribution >= 0.6 is 11.8 Å². The highest BCUT2D eigenvalue weighted by Gasteiger charge is 2.17. The van der Waals surface area contributed by atoms with E-state index in [0.29, 0.717) is 22.6 Å². The average molecular weight is 533 g/mol. The van der Waals surface area contributed by atoms with Crippen molar-refractivity contribution >= 4 is 47.1 Å². The number of rotatable bonds is 12. The Labute approximate surface area is 225 Å². The van der Waals surface area contributed by atoms with Crippen molar-refractivity contribution < 1.29 is 28.7 Å². The van der Waals surface area contributed by atoms with Crippen molar-refractivity contribution in [1.82, 2.24) is 5.32 Å². The molecule has 0 saturated carbocycles. The topological polar surface area (TPSA) is 111 Å². The van der Waals surface area contributed by atoms with E-state index < -0.39 is 17.8 Å². The summed E-state index contributed by atoms with van der Waals surface area (Å²) in [6, 6.07) is 22.6. The summed E-state index contributed by atoms with van der Waals surface area (Å²) in [7, 11) is 1.52. The molecule has 38 heavy (non-hydrogen) atoms. The third kappa shape index (κ3) is 8.63. The number of Topliss-reactive ketones (excluding diaryl/α,β-unsaturated/α-hetero) is 1. The molecule has 0 aromatic heterocycles. The molecule has 0 heterocycles. The van der Waals surface area contributed by atoms with E-state index in [9.17, 15) is 19.2 Å². The Morgan fingerprint density at radius 1 is 0.921 bits per heavy atom. The number of carbonyl (C=O) groups is 4. The van der Waals surface area contributed by atoms with Gasteiger partial charge in [-0.3, -0.25) is 19.2 Å². The third-order valence-electron chi connectivity index (χ3n) is 5.11. The Balaban J connectivity index is 1.76. The number of para-hydroxylation sites is 1. The van der Waals surface area contributed by atoms with Crippen LogP contribution in [-0.4, -0.2) is 43.0 Å². The first-order chi connectivity index (χ1) is 18.4. The fourth-order valence-electron chi connectivity index (χ4n) is 3.33. The number of esters is 1. The number of ketones is 1. The Morgan fingerprint density at radius 3 is 2.39 bits per heavy atom. The van der Waals surface area contributed by atoms with Gasteiger partial charge in [0.05, 0.1) is 19.5 Å². The quantitative estimate of drug-likeness (QED) is 0.150. The molecule has 0 radical (unpaired) electrons. The van der Waals surface area contributed by atoms with Gasteiger partial charge in [-0.15, -0.1) is 11.8 Å². The van der Waals surface area contributed by atoms with Crippen LogP contribution in [0.2, 0.25) is 0 Å². The molecule has 2 N–H and O–H groups in total. The van der Waals surface area contributed by atoms with Crippen molar-refractivity contribution in [3.63, 3.8) is 0 Å². The Kier molecular flexibility index (Phi) is 10.7. The lowest BCUT2D eigenvalue weighted by molar-refractivity contribution is -0.145. The fraction of sp³-hybridized carbons (Fsp3) is 0.172. The number of thioether (sulfide) groups is 1. The number of ether oxygens (including phenoxy) is 2. The van der Waals surface area contributed by atoms with Gasteiger partial charge in [0, 0.05) is 21.7 Å². The summed E-state index contributed by atoms with van der Waals surface area (Å²) >= 11 is 1.24. The number of hydrogen-bond donors (Lipinski definition) is 2. The van der Waals surface area contributed by atoms with Crippen molar-refractivity contribution in [1.29, 1.82) is 0 Å². The number of hydrogen-bond acceptors (Lipinski definition) is 7. The Bertz CT molecular complexity index is 1320. The van der Waals surface area contributed by atoms with Crippen molar-refractivity contribution in [3.05, 3.63) is 95.7 Å². The second-order valence-electron chi connectivity index (χ2n) is 7.91. The fourth-order valence-corrected chi connectivity index (χ4v) is 4.15. The lowest BCUT2D eigenvalue weighted by atomic mass is 10.1. The van der Waals surface area contributed by atoms with E-state index in [4.69, 9.17) is 9.47 Å². The summed E-state index contributed by atoms with van der Waals surface area (Å²) in [5, 5.41) is 5.50. The van der Waals surface area contributed by atoms with Crippen molar-refractivity contribution in [3.8, 4) is 5.75 Å². The van der Waals surface area contributed by atoms with Gasteiger partial charge in [0.1, 0.15) is 17.9 Å². The second-order valence-corrected chi connectivity index (χ2v) is 8.96. The molecule has 9 heteroatoms. The van der Waals surface area contributed by atoms with E-state index in [2.05, 4.69) is 10.6 Å². The molecule has 0 spiro atoms. The predicted molar refractivity (Wildman–Crippen MR) is 147 cm³/mol. The number of benzene rings is 3. The average Bonchev–Trinajstić information content (AvgIpc) is 2.92. The molecule has 0 aliphatic rings. The lowest BCUT2D eigenvalue weighted by Gasteiger charge is -2.13. The monoisotopic (exact) mass is 532 g/mol. The maximum absolute atomic E-state index is 13.3. The van der Waals surface area contributed by atoms with Crippen LogP contribution < -0.4 is 15.4 Å². The molecule has 8 nitrogen and oxygen atoms in total. The summed E-state index contributed by atoms with van der Waals surface area (Å²) in [6.45, 7) is 1.90. The molecule has 0 fully saturated rings. The van der Waals surface area contributed by atoms with Crippen LogP contribution in [0, 0.1) is 0 Å². The lowest BCUT2D eigenvalue weighted by Crippen LogP contribution is -2.30. The van der Waals surface area contributed by atoms with Gasteiger partial charge in [-0.25, -0.2) is 0 Å². The van der Waals surface area contributed by atoms with Crippen LogP contribution in [-0.2, 0) is 19.1 Å². The van der Waals surface area contributed by atoms with Crippen LogP contribution in [0.15, 0.2) is 89.5 Å². The van der Waals surface area contributed by atoms with Crippen LogP contribution in [0.1, 0.15) is 29.3 Å². The zero-order chi connectivity index (χ0) is 27.3. The number of anilines is 1. The highest BCUT2D eigenvalue weighted by molar-refractivity contribution is 8.00. The molecule has 3 aromatic rings. The van der Waals surface area contributed by atoms with Crippen molar-refractivity contribution in [2.24, 2.45) is 0 Å². The zero-order valence-corrected chi connectivity index (χ0v) is 21.9. The summed E-state index contributed by atoms with van der Waals surface area (Å²) in [5.41, 5.74) is 1.50. The summed E-state index contributed by atoms with van der Waals surface area (Å²) in [5.74, 6) is -1.16. The summed E-state index contributed by atoms with van der Waals surface area (Å²) < 4.78 is 10.2. The van der Waals surface area contributed by atoms with Crippen LogP contribution in [0.5, 0.6) is 5.75 Å². The zero-order valence-electron chi connectivity index (χ0n) is 21.1. The van der Waals surface area contributed by atoms with Crippen LogP contribution in [0.4, 0.5) is 5.69 Å². The van der Waals surface area contributed by atoms with Gasteiger partial charge in [-0.05, 0) is 49.4 Å². The minimum Gasteiger partial charge on any atom is -0.496 e. The van der Waals surface area contributed by atoms with E-state index >= 15 is 0 Å². The molecule has 3 rings (SSSR count). The van der Waals surface area contributed by atoms with E-state index in [1.807, 2.05) is 0 Å². The highest BCUT2D eigenvalue weighted by atomic mass is 32.2. The van der Waals surface area contributed by atoms with Crippen LogP contribution in [0.3, 0.4) is 0 Å². The van der Waals surface area contributed by atoms with Crippen LogP contribution in [0.25, 0.3) is 6.08 Å². The third-order valence-corrected chi connectivity index (χ3v) is 6.16. The van der Waals surface area contributed by atoms with Gasteiger partial charge in [0.2, 0.25) is 0 Å². The molecule has 0 atom stereocenters. The van der Waals surface area contributed by atoms with Gasteiger partial charge >= 0.3 is 5.97 Å². The first-order valence-corrected chi connectivity index (χ1v) is 12.8. The molecule has 0 unspecified atom stereocenters. The molecule has 0 aliphatic carbocycles. The molecule has 0 aliphatic heterocycles. The highest BCUT2D eigenvalue weighted by Crippen LogP contribution is 2.24. The first-order valence-electron chi connectivity index (χ1n) is 11.8. The summed E-state index contributed by atoms with van der Waals surface area (Å²) in [6.07, 6.45) is 1.26. The van der Waals surface area contributed by atoms with Gasteiger partial charge < -0.3 is 20.1 Å². The molecular weight excluding hydrogens is 504 g/mol. The Hall–Kier alpha value is -4.37. The van der Waals surface area contributed by atoms with Gasteiger partial charge in [-0.1, -0.05) is 42.5 Å². The van der Waals surface area contributed by atoms with Gasteiger partial charge in [-0.2, -0.15) is 0 Å². The van der Waals surface area contributed by atoms with E-state index in [1.54, 1.807) is 91.9 Å². The normalized spacial score (nSPS) is 10.8. The molecule has 196 valence electrons. The predicted octanol–water partition coefficient (Wildman–Crippen LogP) is 4.72. The van der Waals surface area contributed by atoms with E-state index in [-0.39, 0.29) is 30.3 Å². The Morgan fingerprint density at radius 2 is 1.66 bits per heavy atom. The maximum atomic E-state index is 13.3. The molecular formula is C29H28N2O6S. The largest absolute Gasteiger partial charge is 0.496 e. The summed E-state index contributed by atoms with van der Waals surface area (Å²) in [4.78, 5) is 50.4. The standard InChI is InChI=1S/C29H28N2O6S/c1-3-37-27(33)18-23(32)19-38-24-14-9-13-22(17-24)30-29(35)25(16-21-12-7-8-15-26(21)36-2)31-28(34)20-10-5-4-6-11-20/h4-17H,3,18-19H2,1-2H3,(H,30,35)(H,31,34)/b25-16+. The second kappa shape index (κ2) is 14.4. The molecule has 0 saturated heterocycles.